The molecule has 1 aliphatic carbocycles. The predicted octanol–water partition coefficient (Wildman–Crippen LogP) is 9.69. The first kappa shape index (κ1) is 23.5. The van der Waals surface area contributed by atoms with E-state index in [1.165, 1.54) is 128 Å². The van der Waals surface area contributed by atoms with Crippen LogP contribution in [-0.2, 0) is 0 Å². The molecule has 0 atom stereocenters. The van der Waals surface area contributed by atoms with Gasteiger partial charge in [0.25, 0.3) is 0 Å². The molecule has 1 aliphatic rings. The molecule has 0 amide bonds. The Hall–Kier alpha value is -0.520. The van der Waals surface area contributed by atoms with Crippen LogP contribution in [0.2, 0.25) is 0 Å². The molecule has 0 saturated heterocycles. The van der Waals surface area contributed by atoms with Crippen LogP contribution in [0.1, 0.15) is 142 Å². The zero-order valence-electron chi connectivity index (χ0n) is 18.3. The van der Waals surface area contributed by atoms with E-state index in [1.54, 1.807) is 11.1 Å². The first-order valence-corrected chi connectivity index (χ1v) is 12.3. The molecule has 0 aromatic carbocycles. The van der Waals surface area contributed by atoms with Crippen molar-refractivity contribution in [1.82, 2.24) is 0 Å². The van der Waals surface area contributed by atoms with E-state index < -0.39 is 0 Å². The van der Waals surface area contributed by atoms with Gasteiger partial charge in [-0.2, -0.15) is 0 Å². The minimum Gasteiger partial charge on any atom is -0.0811 e. The van der Waals surface area contributed by atoms with Crippen molar-refractivity contribution in [2.45, 2.75) is 142 Å². The molecule has 0 unspecified atom stereocenters. The zero-order valence-corrected chi connectivity index (χ0v) is 18.3. The van der Waals surface area contributed by atoms with Gasteiger partial charge >= 0.3 is 0 Å². The zero-order chi connectivity index (χ0) is 18.7. The van der Waals surface area contributed by atoms with Crippen molar-refractivity contribution < 1.29 is 0 Å². The standard InChI is InChI=1S/C26H48/c1-3-5-7-9-11-13-15-17-19-22-26-24-20-23-25(26)21-18-16-14-12-10-8-6-4-2/h21-22H,3-20,23-24H2,1-2H3/b25-21+,26-22+. The van der Waals surface area contributed by atoms with E-state index in [9.17, 15) is 0 Å². The molecule has 152 valence electrons. The molecule has 0 nitrogen and oxygen atoms in total. The summed E-state index contributed by atoms with van der Waals surface area (Å²) in [5.41, 5.74) is 3.41. The summed E-state index contributed by atoms with van der Waals surface area (Å²) in [6, 6.07) is 0. The number of hydrogen-bond acceptors (Lipinski definition) is 0. The van der Waals surface area contributed by atoms with E-state index >= 15 is 0 Å². The highest BCUT2D eigenvalue weighted by atomic mass is 14.2. The summed E-state index contributed by atoms with van der Waals surface area (Å²) in [6.07, 6.45) is 33.3. The van der Waals surface area contributed by atoms with Gasteiger partial charge < -0.3 is 0 Å². The largest absolute Gasteiger partial charge is 0.0811 e. The fourth-order valence-corrected chi connectivity index (χ4v) is 4.19. The lowest BCUT2D eigenvalue weighted by Crippen LogP contribution is -1.84. The average Bonchev–Trinajstić information content (AvgIpc) is 3.10. The Morgan fingerprint density at radius 3 is 1.23 bits per heavy atom. The van der Waals surface area contributed by atoms with Gasteiger partial charge in [0, 0.05) is 0 Å². The number of unbranched alkanes of at least 4 members (excludes halogenated alkanes) is 15. The summed E-state index contributed by atoms with van der Waals surface area (Å²) in [5, 5.41) is 0. The highest BCUT2D eigenvalue weighted by Gasteiger charge is 2.12. The second kappa shape index (κ2) is 17.9. The van der Waals surface area contributed by atoms with E-state index in [0.29, 0.717) is 0 Å². The quantitative estimate of drug-likeness (QED) is 0.226. The summed E-state index contributed by atoms with van der Waals surface area (Å²) in [4.78, 5) is 0. The van der Waals surface area contributed by atoms with Crippen molar-refractivity contribution in [3.05, 3.63) is 23.3 Å². The SMILES string of the molecule is CCCCCCCCC/C=C1\CCC\C1=C/CCCCCCCCCC. The number of hydrogen-bond donors (Lipinski definition) is 0. The molecule has 26 heavy (non-hydrogen) atoms. The molecule has 0 radical (unpaired) electrons. The molecule has 0 bridgehead atoms. The normalized spacial score (nSPS) is 17.6. The average molecular weight is 361 g/mol. The number of rotatable bonds is 17. The molecule has 0 aromatic heterocycles. The maximum Gasteiger partial charge on any atom is -0.0276 e. The molecule has 0 aliphatic heterocycles. The Morgan fingerprint density at radius 1 is 0.500 bits per heavy atom. The first-order chi connectivity index (χ1) is 12.9. The maximum absolute atomic E-state index is 2.58. The van der Waals surface area contributed by atoms with Crippen LogP contribution in [0.4, 0.5) is 0 Å². The van der Waals surface area contributed by atoms with Gasteiger partial charge in [-0.25, -0.2) is 0 Å². The summed E-state index contributed by atoms with van der Waals surface area (Å²) < 4.78 is 0. The Labute approximate surface area is 165 Å². The van der Waals surface area contributed by atoms with Gasteiger partial charge in [0.05, 0.1) is 0 Å². The highest BCUT2D eigenvalue weighted by Crippen LogP contribution is 2.31. The fraction of sp³-hybridized carbons (Fsp3) is 0.846. The summed E-state index contributed by atoms with van der Waals surface area (Å²) in [7, 11) is 0. The summed E-state index contributed by atoms with van der Waals surface area (Å²) >= 11 is 0. The van der Waals surface area contributed by atoms with Gasteiger partial charge in [0.15, 0.2) is 0 Å². The van der Waals surface area contributed by atoms with Gasteiger partial charge in [-0.15, -0.1) is 0 Å². The lowest BCUT2D eigenvalue weighted by atomic mass is 10.0. The second-order valence-corrected chi connectivity index (χ2v) is 8.49. The lowest BCUT2D eigenvalue weighted by Gasteiger charge is -2.04. The van der Waals surface area contributed by atoms with Crippen LogP contribution >= 0.6 is 0 Å². The molecular weight excluding hydrogens is 312 g/mol. The second-order valence-electron chi connectivity index (χ2n) is 8.49. The minimum absolute atomic E-state index is 1.32. The molecule has 0 heterocycles. The lowest BCUT2D eigenvalue weighted by molar-refractivity contribution is 0.577. The third-order valence-corrected chi connectivity index (χ3v) is 5.95. The van der Waals surface area contributed by atoms with Crippen molar-refractivity contribution in [1.29, 1.82) is 0 Å². The van der Waals surface area contributed by atoms with Gasteiger partial charge in [-0.05, 0) is 56.1 Å². The monoisotopic (exact) mass is 360 g/mol. The molecular formula is C26H48. The minimum atomic E-state index is 1.32. The molecule has 1 saturated carbocycles. The van der Waals surface area contributed by atoms with Crippen molar-refractivity contribution in [2.75, 3.05) is 0 Å². The molecule has 1 fully saturated rings. The van der Waals surface area contributed by atoms with Crippen LogP contribution < -0.4 is 0 Å². The van der Waals surface area contributed by atoms with Crippen molar-refractivity contribution in [3.8, 4) is 0 Å². The maximum atomic E-state index is 2.58. The molecule has 0 spiro atoms. The molecule has 0 heteroatoms. The Balaban J connectivity index is 2.05. The van der Waals surface area contributed by atoms with E-state index in [-0.39, 0.29) is 0 Å². The van der Waals surface area contributed by atoms with E-state index in [2.05, 4.69) is 26.0 Å². The fourth-order valence-electron chi connectivity index (χ4n) is 4.19. The van der Waals surface area contributed by atoms with Crippen molar-refractivity contribution >= 4 is 0 Å². The summed E-state index contributed by atoms with van der Waals surface area (Å²) in [5.74, 6) is 0. The Kier molecular flexibility index (Phi) is 16.2. The predicted molar refractivity (Wildman–Crippen MR) is 120 cm³/mol. The van der Waals surface area contributed by atoms with Crippen molar-refractivity contribution in [3.63, 3.8) is 0 Å². The topological polar surface area (TPSA) is 0 Å². The number of allylic oxidation sites excluding steroid dienone is 4. The van der Waals surface area contributed by atoms with Crippen molar-refractivity contribution in [2.24, 2.45) is 0 Å². The summed E-state index contributed by atoms with van der Waals surface area (Å²) in [6.45, 7) is 4.60. The highest BCUT2D eigenvalue weighted by molar-refractivity contribution is 5.34. The molecule has 0 N–H and O–H groups in total. The van der Waals surface area contributed by atoms with Crippen LogP contribution in [0.25, 0.3) is 0 Å². The van der Waals surface area contributed by atoms with Gasteiger partial charge in [0.1, 0.15) is 0 Å². The third-order valence-electron chi connectivity index (χ3n) is 5.95. The first-order valence-electron chi connectivity index (χ1n) is 12.3. The van der Waals surface area contributed by atoms with Crippen LogP contribution in [0.3, 0.4) is 0 Å². The van der Waals surface area contributed by atoms with Crippen LogP contribution in [0.15, 0.2) is 23.3 Å². The smallest absolute Gasteiger partial charge is 0.0276 e. The molecule has 0 aromatic rings. The third kappa shape index (κ3) is 12.8. The van der Waals surface area contributed by atoms with E-state index in [1.807, 2.05) is 0 Å². The van der Waals surface area contributed by atoms with E-state index in [0.717, 1.165) is 0 Å². The Bertz CT molecular complexity index is 360. The Morgan fingerprint density at radius 2 is 0.846 bits per heavy atom. The van der Waals surface area contributed by atoms with Crippen LogP contribution in [0.5, 0.6) is 0 Å². The van der Waals surface area contributed by atoms with Crippen LogP contribution in [-0.4, -0.2) is 0 Å². The molecule has 1 rings (SSSR count). The van der Waals surface area contributed by atoms with Crippen LogP contribution in [0, 0.1) is 0 Å². The van der Waals surface area contributed by atoms with Gasteiger partial charge in [-0.1, -0.05) is 109 Å². The van der Waals surface area contributed by atoms with E-state index in [4.69, 9.17) is 0 Å². The van der Waals surface area contributed by atoms with Gasteiger partial charge in [0.2, 0.25) is 0 Å². The van der Waals surface area contributed by atoms with Gasteiger partial charge in [-0.3, -0.25) is 0 Å².